The molecule has 0 bridgehead atoms. The van der Waals surface area contributed by atoms with E-state index in [4.69, 9.17) is 4.84 Å². The van der Waals surface area contributed by atoms with E-state index in [0.29, 0.717) is 5.95 Å². The lowest BCUT2D eigenvalue weighted by atomic mass is 10.7. The van der Waals surface area contributed by atoms with Gasteiger partial charge in [0.15, 0.2) is 0 Å². The molecule has 0 aliphatic rings. The van der Waals surface area contributed by atoms with Crippen LogP contribution in [0.3, 0.4) is 0 Å². The van der Waals surface area contributed by atoms with Gasteiger partial charge in [-0.05, 0) is 15.9 Å². The molecule has 1 aromatic rings. The molecule has 0 spiro atoms. The molecule has 0 fully saturated rings. The van der Waals surface area contributed by atoms with Crippen LogP contribution in [0.25, 0.3) is 0 Å². The Morgan fingerprint density at radius 2 is 2.00 bits per heavy atom. The Labute approximate surface area is 73.3 Å². The minimum absolute atomic E-state index is 0.538. The van der Waals surface area contributed by atoms with Gasteiger partial charge in [-0.15, -0.1) is 0 Å². The van der Waals surface area contributed by atoms with Crippen molar-refractivity contribution in [2.24, 2.45) is 0 Å². The van der Waals surface area contributed by atoms with E-state index in [9.17, 15) is 0 Å². The SMILES string of the molecule is CON(C)c1ncc(Br)cn1. The Hall–Kier alpha value is -0.680. The molecule has 0 radical (unpaired) electrons. The Morgan fingerprint density at radius 1 is 1.45 bits per heavy atom. The first kappa shape index (κ1) is 8.42. The van der Waals surface area contributed by atoms with Gasteiger partial charge in [-0.3, -0.25) is 4.84 Å². The smallest absolute Gasteiger partial charge is 0.249 e. The van der Waals surface area contributed by atoms with Gasteiger partial charge in [0.25, 0.3) is 0 Å². The van der Waals surface area contributed by atoms with Crippen molar-refractivity contribution < 1.29 is 4.84 Å². The second-order valence-corrected chi connectivity index (χ2v) is 2.80. The fourth-order valence-corrected chi connectivity index (χ4v) is 0.754. The second-order valence-electron chi connectivity index (χ2n) is 1.88. The largest absolute Gasteiger partial charge is 0.274 e. The number of aromatic nitrogens is 2. The molecule has 0 aromatic carbocycles. The van der Waals surface area contributed by atoms with Crippen molar-refractivity contribution >= 4 is 21.9 Å². The lowest BCUT2D eigenvalue weighted by Crippen LogP contribution is -2.17. The minimum Gasteiger partial charge on any atom is -0.274 e. The topological polar surface area (TPSA) is 38.2 Å². The van der Waals surface area contributed by atoms with Crippen LogP contribution in [0.5, 0.6) is 0 Å². The standard InChI is InChI=1S/C6H8BrN3O/c1-10(11-2)6-8-3-5(7)4-9-6/h3-4H,1-2H3. The number of hydrogen-bond donors (Lipinski definition) is 0. The molecule has 0 N–H and O–H groups in total. The predicted molar refractivity (Wildman–Crippen MR) is 45.1 cm³/mol. The summed E-state index contributed by atoms with van der Waals surface area (Å²) in [5.74, 6) is 0.538. The number of anilines is 1. The Bertz CT molecular complexity index is 226. The molecule has 0 saturated carbocycles. The minimum atomic E-state index is 0.538. The molecule has 11 heavy (non-hydrogen) atoms. The van der Waals surface area contributed by atoms with Crippen molar-refractivity contribution in [1.29, 1.82) is 0 Å². The van der Waals surface area contributed by atoms with E-state index in [1.807, 2.05) is 0 Å². The van der Waals surface area contributed by atoms with Crippen LogP contribution in [0.1, 0.15) is 0 Å². The molecular weight excluding hydrogens is 210 g/mol. The van der Waals surface area contributed by atoms with Crippen LogP contribution in [0.15, 0.2) is 16.9 Å². The van der Waals surface area contributed by atoms with E-state index < -0.39 is 0 Å². The first-order chi connectivity index (χ1) is 5.24. The maximum atomic E-state index is 4.87. The maximum Gasteiger partial charge on any atom is 0.249 e. The molecule has 1 rings (SSSR count). The molecule has 0 aliphatic heterocycles. The number of rotatable bonds is 2. The highest BCUT2D eigenvalue weighted by atomic mass is 79.9. The normalized spacial score (nSPS) is 9.73. The summed E-state index contributed by atoms with van der Waals surface area (Å²) in [6.07, 6.45) is 3.33. The predicted octanol–water partition coefficient (Wildman–Crippen LogP) is 1.24. The lowest BCUT2D eigenvalue weighted by Gasteiger charge is -2.11. The molecule has 1 aromatic heterocycles. The lowest BCUT2D eigenvalue weighted by molar-refractivity contribution is 0.180. The van der Waals surface area contributed by atoms with Gasteiger partial charge >= 0.3 is 0 Å². The third-order valence-electron chi connectivity index (χ3n) is 1.16. The quantitative estimate of drug-likeness (QED) is 0.700. The third kappa shape index (κ3) is 2.13. The molecule has 0 saturated heterocycles. The summed E-state index contributed by atoms with van der Waals surface area (Å²) < 4.78 is 0.853. The van der Waals surface area contributed by atoms with Gasteiger partial charge in [0.1, 0.15) is 0 Å². The Kier molecular flexibility index (Phi) is 2.78. The third-order valence-corrected chi connectivity index (χ3v) is 1.57. The van der Waals surface area contributed by atoms with E-state index in [1.165, 1.54) is 5.06 Å². The van der Waals surface area contributed by atoms with Crippen LogP contribution in [-0.4, -0.2) is 24.1 Å². The molecule has 5 heteroatoms. The number of nitrogens with zero attached hydrogens (tertiary/aromatic N) is 3. The van der Waals surface area contributed by atoms with Crippen LogP contribution in [0.2, 0.25) is 0 Å². The van der Waals surface area contributed by atoms with Crippen LogP contribution in [-0.2, 0) is 4.84 Å². The van der Waals surface area contributed by atoms with Crippen molar-refractivity contribution in [1.82, 2.24) is 9.97 Å². The second kappa shape index (κ2) is 3.64. The fraction of sp³-hybridized carbons (Fsp3) is 0.333. The molecule has 0 atom stereocenters. The van der Waals surface area contributed by atoms with Crippen molar-refractivity contribution in [3.8, 4) is 0 Å². The molecular formula is C6H8BrN3O. The Balaban J connectivity index is 2.81. The van der Waals surface area contributed by atoms with Crippen molar-refractivity contribution in [3.05, 3.63) is 16.9 Å². The van der Waals surface area contributed by atoms with Gasteiger partial charge in [0.2, 0.25) is 5.95 Å². The van der Waals surface area contributed by atoms with Crippen molar-refractivity contribution in [3.63, 3.8) is 0 Å². The van der Waals surface area contributed by atoms with Gasteiger partial charge in [-0.2, -0.15) is 0 Å². The van der Waals surface area contributed by atoms with E-state index in [0.717, 1.165) is 4.47 Å². The van der Waals surface area contributed by atoms with E-state index >= 15 is 0 Å². The highest BCUT2D eigenvalue weighted by Crippen LogP contribution is 2.08. The summed E-state index contributed by atoms with van der Waals surface area (Å²) in [6.45, 7) is 0. The average molecular weight is 218 g/mol. The number of halogens is 1. The van der Waals surface area contributed by atoms with Gasteiger partial charge in [-0.1, -0.05) is 0 Å². The maximum absolute atomic E-state index is 4.87. The molecule has 60 valence electrons. The van der Waals surface area contributed by atoms with E-state index in [1.54, 1.807) is 26.6 Å². The summed E-state index contributed by atoms with van der Waals surface area (Å²) >= 11 is 3.23. The average Bonchev–Trinajstić information content (AvgIpc) is 2.05. The monoisotopic (exact) mass is 217 g/mol. The van der Waals surface area contributed by atoms with Crippen LogP contribution in [0.4, 0.5) is 5.95 Å². The van der Waals surface area contributed by atoms with Crippen molar-refractivity contribution in [2.45, 2.75) is 0 Å². The van der Waals surface area contributed by atoms with Gasteiger partial charge < -0.3 is 0 Å². The van der Waals surface area contributed by atoms with Gasteiger partial charge in [0.05, 0.1) is 11.6 Å². The number of hydrogen-bond acceptors (Lipinski definition) is 4. The zero-order valence-corrected chi connectivity index (χ0v) is 7.87. The summed E-state index contributed by atoms with van der Waals surface area (Å²) in [7, 11) is 3.30. The van der Waals surface area contributed by atoms with Crippen molar-refractivity contribution in [2.75, 3.05) is 19.2 Å². The highest BCUT2D eigenvalue weighted by molar-refractivity contribution is 9.10. The molecule has 4 nitrogen and oxygen atoms in total. The number of hydroxylamine groups is 1. The van der Waals surface area contributed by atoms with Crippen LogP contribution in [0, 0.1) is 0 Å². The summed E-state index contributed by atoms with van der Waals surface area (Å²) in [5.41, 5.74) is 0. The summed E-state index contributed by atoms with van der Waals surface area (Å²) in [4.78, 5) is 12.9. The fourth-order valence-electron chi connectivity index (χ4n) is 0.550. The highest BCUT2D eigenvalue weighted by Gasteiger charge is 2.00. The van der Waals surface area contributed by atoms with Crippen LogP contribution < -0.4 is 5.06 Å². The first-order valence-corrected chi connectivity index (χ1v) is 3.78. The van der Waals surface area contributed by atoms with E-state index in [-0.39, 0.29) is 0 Å². The molecule has 0 unspecified atom stereocenters. The molecule has 1 heterocycles. The van der Waals surface area contributed by atoms with Gasteiger partial charge in [-0.25, -0.2) is 15.0 Å². The van der Waals surface area contributed by atoms with Gasteiger partial charge in [0, 0.05) is 19.4 Å². The van der Waals surface area contributed by atoms with Crippen LogP contribution >= 0.6 is 15.9 Å². The zero-order chi connectivity index (χ0) is 8.27. The Morgan fingerprint density at radius 3 is 2.45 bits per heavy atom. The summed E-state index contributed by atoms with van der Waals surface area (Å²) in [6, 6.07) is 0. The molecule has 0 aliphatic carbocycles. The summed E-state index contributed by atoms with van der Waals surface area (Å²) in [5, 5.41) is 1.48. The molecule has 0 amide bonds. The zero-order valence-electron chi connectivity index (χ0n) is 6.28. The first-order valence-electron chi connectivity index (χ1n) is 2.99. The van der Waals surface area contributed by atoms with E-state index in [2.05, 4.69) is 25.9 Å².